The molecule has 4 rings (SSSR count). The van der Waals surface area contributed by atoms with Crippen molar-refractivity contribution in [3.63, 3.8) is 0 Å². The van der Waals surface area contributed by atoms with Gasteiger partial charge in [-0.05, 0) is 51.2 Å². The molecule has 2 aromatic rings. The number of thioether (sulfide) groups is 1. The number of amides is 1. The second-order valence-corrected chi connectivity index (χ2v) is 9.31. The van der Waals surface area contributed by atoms with E-state index in [0.29, 0.717) is 0 Å². The van der Waals surface area contributed by atoms with Crippen LogP contribution in [-0.2, 0) is 4.79 Å². The molecule has 0 saturated carbocycles. The number of hydrogen-bond donors (Lipinski definition) is 0. The van der Waals surface area contributed by atoms with Gasteiger partial charge in [0.25, 0.3) is 0 Å². The Morgan fingerprint density at radius 3 is 2.21 bits per heavy atom. The number of piperidine rings is 1. The van der Waals surface area contributed by atoms with Gasteiger partial charge in [0.2, 0.25) is 11.9 Å². The monoisotopic (exact) mass is 413 g/mol. The van der Waals surface area contributed by atoms with E-state index in [-0.39, 0.29) is 11.2 Å². The fraction of sp³-hybridized carbons (Fsp3) is 0.591. The number of carbonyl (C=O) groups is 1. The van der Waals surface area contributed by atoms with E-state index in [1.807, 2.05) is 30.0 Å². The molecule has 0 radical (unpaired) electrons. The van der Waals surface area contributed by atoms with E-state index >= 15 is 0 Å². The van der Waals surface area contributed by atoms with Gasteiger partial charge in [-0.25, -0.2) is 0 Å². The zero-order valence-electron chi connectivity index (χ0n) is 17.3. The predicted molar refractivity (Wildman–Crippen MR) is 118 cm³/mol. The second kappa shape index (κ2) is 9.65. The lowest BCUT2D eigenvalue weighted by molar-refractivity contribution is -0.130. The Morgan fingerprint density at radius 1 is 0.897 bits per heavy atom. The molecule has 0 spiro atoms. The van der Waals surface area contributed by atoms with E-state index in [0.717, 1.165) is 55.8 Å². The van der Waals surface area contributed by atoms with Gasteiger partial charge in [0.05, 0.1) is 10.9 Å². The quantitative estimate of drug-likeness (QED) is 0.690. The van der Waals surface area contributed by atoms with Crippen LogP contribution in [0, 0.1) is 0 Å². The Labute approximate surface area is 177 Å². The Balaban J connectivity index is 1.58. The SMILES string of the molecule is CC(Sc1nnc(N2CCCCC2)n1-c1ccccc1)C(=O)N1CCCCCC1. The number of likely N-dealkylation sites (tertiary alicyclic amines) is 1. The maximum absolute atomic E-state index is 13.0. The number of aromatic nitrogens is 3. The summed E-state index contributed by atoms with van der Waals surface area (Å²) in [7, 11) is 0. The van der Waals surface area contributed by atoms with Gasteiger partial charge in [0, 0.05) is 26.2 Å². The fourth-order valence-corrected chi connectivity index (χ4v) is 5.14. The molecule has 156 valence electrons. The van der Waals surface area contributed by atoms with Crippen LogP contribution in [0.1, 0.15) is 51.9 Å². The van der Waals surface area contributed by atoms with Crippen molar-refractivity contribution >= 4 is 23.6 Å². The smallest absolute Gasteiger partial charge is 0.235 e. The minimum Gasteiger partial charge on any atom is -0.342 e. The van der Waals surface area contributed by atoms with E-state index in [9.17, 15) is 4.79 Å². The van der Waals surface area contributed by atoms with Crippen molar-refractivity contribution in [1.82, 2.24) is 19.7 Å². The summed E-state index contributed by atoms with van der Waals surface area (Å²) in [5.41, 5.74) is 1.05. The second-order valence-electron chi connectivity index (χ2n) is 8.00. The number of anilines is 1. The van der Waals surface area contributed by atoms with Gasteiger partial charge < -0.3 is 9.80 Å². The average molecular weight is 414 g/mol. The van der Waals surface area contributed by atoms with Crippen molar-refractivity contribution in [1.29, 1.82) is 0 Å². The van der Waals surface area contributed by atoms with Gasteiger partial charge >= 0.3 is 0 Å². The molecule has 6 nitrogen and oxygen atoms in total. The van der Waals surface area contributed by atoms with Gasteiger partial charge in [-0.15, -0.1) is 10.2 Å². The van der Waals surface area contributed by atoms with Crippen LogP contribution < -0.4 is 4.90 Å². The van der Waals surface area contributed by atoms with E-state index in [1.165, 1.54) is 43.9 Å². The molecule has 2 aliphatic heterocycles. The largest absolute Gasteiger partial charge is 0.342 e. The Morgan fingerprint density at radius 2 is 1.52 bits per heavy atom. The lowest BCUT2D eigenvalue weighted by Gasteiger charge is -2.28. The highest BCUT2D eigenvalue weighted by molar-refractivity contribution is 8.00. The zero-order valence-corrected chi connectivity index (χ0v) is 18.1. The first-order valence-corrected chi connectivity index (χ1v) is 11.8. The van der Waals surface area contributed by atoms with Crippen LogP contribution in [0.2, 0.25) is 0 Å². The van der Waals surface area contributed by atoms with Crippen LogP contribution in [-0.4, -0.2) is 57.0 Å². The number of hydrogen-bond acceptors (Lipinski definition) is 5. The van der Waals surface area contributed by atoms with Crippen molar-refractivity contribution in [2.24, 2.45) is 0 Å². The van der Waals surface area contributed by atoms with Crippen molar-refractivity contribution in [2.75, 3.05) is 31.1 Å². The molecule has 1 atom stereocenters. The molecule has 0 N–H and O–H groups in total. The number of nitrogens with zero attached hydrogens (tertiary/aromatic N) is 5. The standard InChI is InChI=1S/C22H31N5OS/c1-18(20(28)25-14-8-2-3-9-15-25)29-22-24-23-21(26-16-10-5-11-17-26)27(22)19-12-6-4-7-13-19/h4,6-7,12-13,18H,2-3,5,8-11,14-17H2,1H3. The molecule has 0 aliphatic carbocycles. The van der Waals surface area contributed by atoms with Gasteiger partial charge in [0.1, 0.15) is 0 Å². The van der Waals surface area contributed by atoms with Crippen molar-refractivity contribution in [3.8, 4) is 5.69 Å². The summed E-state index contributed by atoms with van der Waals surface area (Å²) in [6, 6.07) is 10.3. The van der Waals surface area contributed by atoms with E-state index in [2.05, 4.69) is 31.8 Å². The van der Waals surface area contributed by atoms with Gasteiger partial charge in [0.15, 0.2) is 5.16 Å². The summed E-state index contributed by atoms with van der Waals surface area (Å²) in [4.78, 5) is 17.4. The normalized spacial score (nSPS) is 19.1. The first-order valence-electron chi connectivity index (χ1n) is 11.0. The first-order chi connectivity index (χ1) is 14.2. The minimum absolute atomic E-state index is 0.172. The van der Waals surface area contributed by atoms with Crippen LogP contribution in [0.25, 0.3) is 5.69 Å². The number of benzene rings is 1. The summed E-state index contributed by atoms with van der Waals surface area (Å²) in [5.74, 6) is 1.12. The van der Waals surface area contributed by atoms with Crippen LogP contribution in [0.15, 0.2) is 35.5 Å². The minimum atomic E-state index is -0.172. The lowest BCUT2D eigenvalue weighted by atomic mass is 10.1. The molecule has 2 saturated heterocycles. The predicted octanol–water partition coefficient (Wildman–Crippen LogP) is 4.14. The third-order valence-corrected chi connectivity index (χ3v) is 6.85. The van der Waals surface area contributed by atoms with E-state index < -0.39 is 0 Å². The van der Waals surface area contributed by atoms with Crippen LogP contribution in [0.3, 0.4) is 0 Å². The number of rotatable bonds is 5. The molecule has 7 heteroatoms. The van der Waals surface area contributed by atoms with Crippen molar-refractivity contribution in [3.05, 3.63) is 30.3 Å². The maximum Gasteiger partial charge on any atom is 0.235 e. The van der Waals surface area contributed by atoms with Gasteiger partial charge in [-0.1, -0.05) is 42.8 Å². The average Bonchev–Trinajstić information content (AvgIpc) is 2.99. The number of para-hydroxylation sites is 1. The highest BCUT2D eigenvalue weighted by Gasteiger charge is 2.27. The van der Waals surface area contributed by atoms with Crippen LogP contribution in [0.5, 0.6) is 0 Å². The van der Waals surface area contributed by atoms with Crippen molar-refractivity contribution < 1.29 is 4.79 Å². The molecule has 1 aromatic heterocycles. The highest BCUT2D eigenvalue weighted by atomic mass is 32.2. The molecule has 2 aliphatic rings. The summed E-state index contributed by atoms with van der Waals surface area (Å²) in [6.45, 7) is 5.79. The Hall–Kier alpha value is -2.02. The molecule has 0 bridgehead atoms. The van der Waals surface area contributed by atoms with Gasteiger partial charge in [-0.2, -0.15) is 0 Å². The molecule has 1 aromatic carbocycles. The third kappa shape index (κ3) is 4.77. The lowest BCUT2D eigenvalue weighted by Crippen LogP contribution is -2.37. The van der Waals surface area contributed by atoms with Crippen LogP contribution in [0.4, 0.5) is 5.95 Å². The molecule has 3 heterocycles. The Kier molecular flexibility index (Phi) is 6.74. The molecular weight excluding hydrogens is 382 g/mol. The summed E-state index contributed by atoms with van der Waals surface area (Å²) in [5, 5.41) is 9.69. The van der Waals surface area contributed by atoms with E-state index in [4.69, 9.17) is 0 Å². The third-order valence-electron chi connectivity index (χ3n) is 5.82. The summed E-state index contributed by atoms with van der Waals surface area (Å²) in [6.07, 6.45) is 8.34. The highest BCUT2D eigenvalue weighted by Crippen LogP contribution is 2.31. The molecular formula is C22H31N5OS. The van der Waals surface area contributed by atoms with Crippen LogP contribution >= 0.6 is 11.8 Å². The maximum atomic E-state index is 13.0. The molecule has 1 amide bonds. The summed E-state index contributed by atoms with van der Waals surface area (Å²) >= 11 is 1.53. The zero-order chi connectivity index (χ0) is 20.1. The van der Waals surface area contributed by atoms with Crippen molar-refractivity contribution in [2.45, 2.75) is 62.3 Å². The molecule has 29 heavy (non-hydrogen) atoms. The fourth-order valence-electron chi connectivity index (χ4n) is 4.20. The van der Waals surface area contributed by atoms with Gasteiger partial charge in [-0.3, -0.25) is 9.36 Å². The number of carbonyl (C=O) groups excluding carboxylic acids is 1. The Bertz CT molecular complexity index is 795. The molecule has 1 unspecified atom stereocenters. The topological polar surface area (TPSA) is 54.3 Å². The first kappa shape index (κ1) is 20.3. The summed E-state index contributed by atoms with van der Waals surface area (Å²) < 4.78 is 2.13. The van der Waals surface area contributed by atoms with E-state index in [1.54, 1.807) is 0 Å². The molecule has 2 fully saturated rings.